The molecule has 0 aliphatic heterocycles. The van der Waals surface area contributed by atoms with E-state index < -0.39 is 6.10 Å². The van der Waals surface area contributed by atoms with Crippen molar-refractivity contribution in [3.63, 3.8) is 0 Å². The molecule has 1 heterocycles. The van der Waals surface area contributed by atoms with Gasteiger partial charge in [-0.05, 0) is 36.7 Å². The van der Waals surface area contributed by atoms with Gasteiger partial charge < -0.3 is 9.63 Å². The van der Waals surface area contributed by atoms with Gasteiger partial charge in [-0.25, -0.2) is 0 Å². The van der Waals surface area contributed by atoms with Crippen molar-refractivity contribution >= 4 is 0 Å². The maximum absolute atomic E-state index is 10.2. The number of benzene rings is 1. The predicted octanol–water partition coefficient (Wildman–Crippen LogP) is 3.25. The fraction of sp³-hybridized carbons (Fsp3) is 0.529. The van der Waals surface area contributed by atoms with Crippen LogP contribution >= 0.6 is 0 Å². The molecule has 2 aliphatic rings. The number of aromatic nitrogens is 2. The lowest BCUT2D eigenvalue weighted by molar-refractivity contribution is 0.164. The van der Waals surface area contributed by atoms with Gasteiger partial charge in [-0.3, -0.25) is 0 Å². The molecule has 2 saturated carbocycles. The Kier molecular flexibility index (Phi) is 3.26. The molecule has 4 rings (SSSR count). The number of rotatable bonds is 4. The van der Waals surface area contributed by atoms with Crippen molar-refractivity contribution in [2.45, 2.75) is 44.1 Å². The van der Waals surface area contributed by atoms with Gasteiger partial charge in [0.2, 0.25) is 5.89 Å². The summed E-state index contributed by atoms with van der Waals surface area (Å²) >= 11 is 0. The summed E-state index contributed by atoms with van der Waals surface area (Å²) in [5, 5.41) is 14.4. The highest BCUT2D eigenvalue weighted by molar-refractivity contribution is 5.18. The van der Waals surface area contributed by atoms with Crippen molar-refractivity contribution in [3.8, 4) is 0 Å². The van der Waals surface area contributed by atoms with Crippen molar-refractivity contribution in [2.24, 2.45) is 11.8 Å². The first-order valence-corrected chi connectivity index (χ1v) is 7.85. The van der Waals surface area contributed by atoms with E-state index >= 15 is 0 Å². The van der Waals surface area contributed by atoms with Crippen LogP contribution in [0.3, 0.4) is 0 Å². The van der Waals surface area contributed by atoms with E-state index in [-0.39, 0.29) is 0 Å². The van der Waals surface area contributed by atoms with E-state index in [1.54, 1.807) is 0 Å². The molecule has 1 aromatic heterocycles. The third-order valence-electron chi connectivity index (χ3n) is 5.11. The van der Waals surface area contributed by atoms with Crippen LogP contribution in [-0.4, -0.2) is 15.2 Å². The van der Waals surface area contributed by atoms with Gasteiger partial charge in [-0.1, -0.05) is 41.9 Å². The monoisotopic (exact) mass is 284 g/mol. The van der Waals surface area contributed by atoms with Crippen LogP contribution < -0.4 is 0 Å². The summed E-state index contributed by atoms with van der Waals surface area (Å²) in [4.78, 5) is 4.54. The molecule has 0 saturated heterocycles. The molecular weight excluding hydrogens is 264 g/mol. The second-order valence-electron chi connectivity index (χ2n) is 6.46. The zero-order chi connectivity index (χ0) is 14.2. The summed E-state index contributed by atoms with van der Waals surface area (Å²) in [6.45, 7) is 0. The number of aliphatic hydroxyl groups excluding tert-OH is 1. The molecule has 2 aliphatic carbocycles. The Hall–Kier alpha value is -1.68. The van der Waals surface area contributed by atoms with E-state index in [0.29, 0.717) is 18.2 Å². The van der Waals surface area contributed by atoms with Gasteiger partial charge in [-0.15, -0.1) is 0 Å². The van der Waals surface area contributed by atoms with Gasteiger partial charge in [0.1, 0.15) is 0 Å². The highest BCUT2D eigenvalue weighted by Gasteiger charge is 2.42. The zero-order valence-electron chi connectivity index (χ0n) is 12.0. The molecule has 1 aromatic carbocycles. The Morgan fingerprint density at radius 3 is 2.76 bits per heavy atom. The first-order valence-electron chi connectivity index (χ1n) is 7.85. The fourth-order valence-electron chi connectivity index (χ4n) is 4.02. The Morgan fingerprint density at radius 2 is 2.05 bits per heavy atom. The molecule has 2 aromatic rings. The molecule has 4 heteroatoms. The summed E-state index contributed by atoms with van der Waals surface area (Å²) in [6, 6.07) is 9.62. The van der Waals surface area contributed by atoms with Gasteiger partial charge in [0, 0.05) is 5.92 Å². The maximum Gasteiger partial charge on any atom is 0.229 e. The summed E-state index contributed by atoms with van der Waals surface area (Å²) in [6.07, 6.45) is 5.04. The van der Waals surface area contributed by atoms with Gasteiger partial charge in [0.25, 0.3) is 0 Å². The zero-order valence-corrected chi connectivity index (χ0v) is 12.0. The Balaban J connectivity index is 1.45. The maximum atomic E-state index is 10.2. The average Bonchev–Trinajstić information content (AvgIpc) is 3.24. The minimum Gasteiger partial charge on any atom is -0.388 e. The second kappa shape index (κ2) is 5.26. The van der Waals surface area contributed by atoms with E-state index in [4.69, 9.17) is 4.52 Å². The Labute approximate surface area is 124 Å². The summed E-state index contributed by atoms with van der Waals surface area (Å²) in [7, 11) is 0. The van der Waals surface area contributed by atoms with Gasteiger partial charge >= 0.3 is 0 Å². The lowest BCUT2D eigenvalue weighted by Gasteiger charge is -2.17. The van der Waals surface area contributed by atoms with E-state index in [0.717, 1.165) is 23.2 Å². The van der Waals surface area contributed by atoms with Gasteiger partial charge in [0.15, 0.2) is 5.82 Å². The van der Waals surface area contributed by atoms with E-state index in [2.05, 4.69) is 10.1 Å². The van der Waals surface area contributed by atoms with Crippen molar-refractivity contribution in [1.29, 1.82) is 0 Å². The van der Waals surface area contributed by atoms with Crippen LogP contribution in [-0.2, 0) is 6.42 Å². The second-order valence-corrected chi connectivity index (χ2v) is 6.46. The molecule has 110 valence electrons. The van der Waals surface area contributed by atoms with Crippen LogP contribution in [0.2, 0.25) is 0 Å². The highest BCUT2D eigenvalue weighted by atomic mass is 16.5. The molecule has 21 heavy (non-hydrogen) atoms. The molecular formula is C17H20N2O2. The van der Waals surface area contributed by atoms with Crippen LogP contribution in [0.15, 0.2) is 34.9 Å². The summed E-state index contributed by atoms with van der Waals surface area (Å²) < 4.78 is 5.36. The highest BCUT2D eigenvalue weighted by Crippen LogP contribution is 2.52. The smallest absolute Gasteiger partial charge is 0.229 e. The van der Waals surface area contributed by atoms with E-state index in [1.807, 2.05) is 30.3 Å². The topological polar surface area (TPSA) is 59.2 Å². The van der Waals surface area contributed by atoms with E-state index in [1.165, 1.54) is 25.7 Å². The van der Waals surface area contributed by atoms with Crippen molar-refractivity contribution in [2.75, 3.05) is 0 Å². The quantitative estimate of drug-likeness (QED) is 0.936. The fourth-order valence-corrected chi connectivity index (χ4v) is 4.02. The molecule has 0 radical (unpaired) electrons. The molecule has 4 unspecified atom stereocenters. The SMILES string of the molecule is OC(Cc1nc(C2CC3CCC2C3)no1)c1ccccc1. The van der Waals surface area contributed by atoms with Crippen molar-refractivity contribution in [3.05, 3.63) is 47.6 Å². The van der Waals surface area contributed by atoms with Crippen LogP contribution in [0.5, 0.6) is 0 Å². The van der Waals surface area contributed by atoms with Crippen LogP contribution in [0, 0.1) is 11.8 Å². The first kappa shape index (κ1) is 13.0. The Bertz CT molecular complexity index is 610. The number of nitrogens with zero attached hydrogens (tertiary/aromatic N) is 2. The molecule has 0 spiro atoms. The summed E-state index contributed by atoms with van der Waals surface area (Å²) in [5.74, 6) is 3.51. The Morgan fingerprint density at radius 1 is 1.19 bits per heavy atom. The predicted molar refractivity (Wildman–Crippen MR) is 77.6 cm³/mol. The first-order chi connectivity index (χ1) is 10.3. The number of aliphatic hydroxyl groups is 1. The minimum absolute atomic E-state index is 0.387. The molecule has 2 bridgehead atoms. The minimum atomic E-state index is -0.584. The third kappa shape index (κ3) is 2.48. The van der Waals surface area contributed by atoms with Crippen molar-refractivity contribution < 1.29 is 9.63 Å². The largest absolute Gasteiger partial charge is 0.388 e. The van der Waals surface area contributed by atoms with Crippen LogP contribution in [0.1, 0.15) is 55.0 Å². The lowest BCUT2D eigenvalue weighted by atomic mass is 9.88. The summed E-state index contributed by atoms with van der Waals surface area (Å²) in [5.41, 5.74) is 0.886. The van der Waals surface area contributed by atoms with Crippen LogP contribution in [0.25, 0.3) is 0 Å². The lowest BCUT2D eigenvalue weighted by Crippen LogP contribution is -2.10. The number of hydrogen-bond acceptors (Lipinski definition) is 4. The molecule has 4 atom stereocenters. The van der Waals surface area contributed by atoms with Gasteiger partial charge in [-0.2, -0.15) is 4.98 Å². The average molecular weight is 284 g/mol. The van der Waals surface area contributed by atoms with Crippen molar-refractivity contribution in [1.82, 2.24) is 10.1 Å². The van der Waals surface area contributed by atoms with Gasteiger partial charge in [0.05, 0.1) is 12.5 Å². The third-order valence-corrected chi connectivity index (χ3v) is 5.11. The molecule has 4 nitrogen and oxygen atoms in total. The molecule has 2 fully saturated rings. The number of fused-ring (bicyclic) bond motifs is 2. The standard InChI is InChI=1S/C17H20N2O2/c20-15(12-4-2-1-3-5-12)10-16-18-17(19-21-16)14-9-11-6-7-13(14)8-11/h1-5,11,13-15,20H,6-10H2. The van der Waals surface area contributed by atoms with Crippen LogP contribution in [0.4, 0.5) is 0 Å². The molecule has 0 amide bonds. The molecule has 1 N–H and O–H groups in total. The number of hydrogen-bond donors (Lipinski definition) is 1. The normalized spacial score (nSPS) is 28.9. The van der Waals surface area contributed by atoms with E-state index in [9.17, 15) is 5.11 Å².